The zero-order valence-corrected chi connectivity index (χ0v) is 15.2. The Balaban J connectivity index is 2.20. The van der Waals surface area contributed by atoms with Gasteiger partial charge in [0.15, 0.2) is 0 Å². The number of benzene rings is 2. The van der Waals surface area contributed by atoms with Crippen molar-refractivity contribution >= 4 is 22.3 Å². The van der Waals surface area contributed by atoms with Crippen LogP contribution in [0, 0.1) is 18.3 Å². The number of nitriles is 1. The zero-order valence-electron chi connectivity index (χ0n) is 15.2. The van der Waals surface area contributed by atoms with Crippen LogP contribution in [0.2, 0.25) is 0 Å². The first-order chi connectivity index (χ1) is 13.2. The molecule has 0 aliphatic carbocycles. The van der Waals surface area contributed by atoms with Gasteiger partial charge in [0.2, 0.25) is 0 Å². The van der Waals surface area contributed by atoms with Crippen LogP contribution in [0.25, 0.3) is 27.4 Å². The lowest BCUT2D eigenvalue weighted by Crippen LogP contribution is -2.06. The van der Waals surface area contributed by atoms with Crippen LogP contribution in [-0.2, 0) is 4.74 Å². The number of carbonyl (C=O) groups excluding carboxylic acids is 1. The minimum absolute atomic E-state index is 0.274. The second kappa shape index (κ2) is 6.62. The van der Waals surface area contributed by atoms with E-state index in [2.05, 4.69) is 6.07 Å². The molecular weight excluding hydrogens is 336 g/mol. The van der Waals surface area contributed by atoms with Crippen LogP contribution in [0.15, 0.2) is 60.8 Å². The number of aryl methyl sites for hydroxylation is 1. The third-order valence-electron chi connectivity index (χ3n) is 4.75. The predicted octanol–water partition coefficient (Wildman–Crippen LogP) is 5.12. The summed E-state index contributed by atoms with van der Waals surface area (Å²) in [5.74, 6) is -0.413. The Morgan fingerprint density at radius 3 is 2.56 bits per heavy atom. The average Bonchev–Trinajstić information content (AvgIpc) is 3.03. The number of nitrogens with zero attached hydrogens (tertiary/aromatic N) is 2. The van der Waals surface area contributed by atoms with Crippen LogP contribution >= 0.6 is 0 Å². The Bertz CT molecular complexity index is 1210. The third kappa shape index (κ3) is 2.65. The summed E-state index contributed by atoms with van der Waals surface area (Å²) in [6.45, 7) is 4.06. The Hall–Kier alpha value is -3.58. The maximum Gasteiger partial charge on any atom is 0.341 e. The SMILES string of the molecule is CCOC(=O)c1c(-c2ccc(C)cc2)c(C#N)n2ccc3ccccc3c12. The molecule has 2 aromatic heterocycles. The van der Waals surface area contributed by atoms with Gasteiger partial charge < -0.3 is 9.14 Å². The predicted molar refractivity (Wildman–Crippen MR) is 106 cm³/mol. The summed E-state index contributed by atoms with van der Waals surface area (Å²) >= 11 is 0. The van der Waals surface area contributed by atoms with Crippen molar-refractivity contribution < 1.29 is 9.53 Å². The highest BCUT2D eigenvalue weighted by Gasteiger charge is 2.26. The number of hydrogen-bond acceptors (Lipinski definition) is 3. The molecule has 0 atom stereocenters. The van der Waals surface area contributed by atoms with E-state index in [0.717, 1.165) is 21.9 Å². The quantitative estimate of drug-likeness (QED) is 0.480. The molecular formula is C23H18N2O2. The Labute approximate surface area is 157 Å². The van der Waals surface area contributed by atoms with Gasteiger partial charge in [-0.1, -0.05) is 54.1 Å². The van der Waals surface area contributed by atoms with E-state index in [0.29, 0.717) is 22.3 Å². The molecule has 0 aliphatic heterocycles. The van der Waals surface area contributed by atoms with Gasteiger partial charge in [-0.05, 0) is 30.9 Å². The van der Waals surface area contributed by atoms with Crippen molar-refractivity contribution in [3.8, 4) is 17.2 Å². The number of aromatic nitrogens is 1. The fourth-order valence-corrected chi connectivity index (χ4v) is 3.53. The molecule has 0 aliphatic rings. The normalized spacial score (nSPS) is 10.9. The van der Waals surface area contributed by atoms with Crippen molar-refractivity contribution in [1.82, 2.24) is 4.40 Å². The zero-order chi connectivity index (χ0) is 19.0. The highest BCUT2D eigenvalue weighted by Crippen LogP contribution is 2.37. The fourth-order valence-electron chi connectivity index (χ4n) is 3.53. The van der Waals surface area contributed by atoms with Gasteiger partial charge >= 0.3 is 5.97 Å². The van der Waals surface area contributed by atoms with E-state index in [9.17, 15) is 10.1 Å². The second-order valence-corrected chi connectivity index (χ2v) is 6.42. The molecule has 2 aromatic carbocycles. The Morgan fingerprint density at radius 1 is 1.11 bits per heavy atom. The molecule has 4 heteroatoms. The summed E-state index contributed by atoms with van der Waals surface area (Å²) in [7, 11) is 0. The summed E-state index contributed by atoms with van der Waals surface area (Å²) in [6.07, 6.45) is 1.84. The largest absolute Gasteiger partial charge is 0.462 e. The number of fused-ring (bicyclic) bond motifs is 3. The molecule has 4 rings (SSSR count). The molecule has 0 saturated heterocycles. The molecule has 4 nitrogen and oxygen atoms in total. The highest BCUT2D eigenvalue weighted by molar-refractivity contribution is 6.13. The summed E-state index contributed by atoms with van der Waals surface area (Å²) in [6, 6.07) is 19.9. The van der Waals surface area contributed by atoms with Crippen LogP contribution in [0.4, 0.5) is 0 Å². The number of esters is 1. The highest BCUT2D eigenvalue weighted by atomic mass is 16.5. The molecule has 0 fully saturated rings. The molecule has 2 heterocycles. The number of ether oxygens (including phenoxy) is 1. The van der Waals surface area contributed by atoms with Crippen LogP contribution in [0.1, 0.15) is 28.5 Å². The smallest absolute Gasteiger partial charge is 0.341 e. The monoisotopic (exact) mass is 354 g/mol. The van der Waals surface area contributed by atoms with Crippen LogP contribution in [-0.4, -0.2) is 17.0 Å². The van der Waals surface area contributed by atoms with E-state index < -0.39 is 5.97 Å². The minimum atomic E-state index is -0.413. The van der Waals surface area contributed by atoms with Crippen molar-refractivity contribution in [1.29, 1.82) is 5.26 Å². The first-order valence-corrected chi connectivity index (χ1v) is 8.85. The number of rotatable bonds is 3. The van der Waals surface area contributed by atoms with E-state index in [4.69, 9.17) is 4.74 Å². The lowest BCUT2D eigenvalue weighted by atomic mass is 9.98. The van der Waals surface area contributed by atoms with Crippen LogP contribution in [0.5, 0.6) is 0 Å². The third-order valence-corrected chi connectivity index (χ3v) is 4.75. The molecule has 0 N–H and O–H groups in total. The number of hydrogen-bond donors (Lipinski definition) is 0. The summed E-state index contributed by atoms with van der Waals surface area (Å²) in [5, 5.41) is 11.8. The molecule has 4 aromatic rings. The van der Waals surface area contributed by atoms with E-state index in [-0.39, 0.29) is 6.61 Å². The van der Waals surface area contributed by atoms with Gasteiger partial charge in [-0.2, -0.15) is 5.26 Å². The van der Waals surface area contributed by atoms with E-state index in [1.165, 1.54) is 0 Å². The molecule has 0 radical (unpaired) electrons. The van der Waals surface area contributed by atoms with Crippen LogP contribution in [0.3, 0.4) is 0 Å². The molecule has 0 spiro atoms. The molecule has 132 valence electrons. The van der Waals surface area contributed by atoms with Crippen molar-refractivity contribution in [3.05, 3.63) is 77.6 Å². The lowest BCUT2D eigenvalue weighted by molar-refractivity contribution is 0.0529. The molecule has 0 unspecified atom stereocenters. The van der Waals surface area contributed by atoms with E-state index >= 15 is 0 Å². The van der Waals surface area contributed by atoms with Gasteiger partial charge in [0.25, 0.3) is 0 Å². The van der Waals surface area contributed by atoms with Gasteiger partial charge in [-0.15, -0.1) is 0 Å². The minimum Gasteiger partial charge on any atom is -0.462 e. The van der Waals surface area contributed by atoms with Gasteiger partial charge in [-0.25, -0.2) is 4.79 Å². The van der Waals surface area contributed by atoms with Gasteiger partial charge in [0.05, 0.1) is 17.7 Å². The maximum atomic E-state index is 12.9. The maximum absolute atomic E-state index is 12.9. The molecule has 0 amide bonds. The topological polar surface area (TPSA) is 54.5 Å². The lowest BCUT2D eigenvalue weighted by Gasteiger charge is -2.07. The van der Waals surface area contributed by atoms with Crippen molar-refractivity contribution in [2.45, 2.75) is 13.8 Å². The average molecular weight is 354 g/mol. The number of pyridine rings is 1. The molecule has 0 bridgehead atoms. The van der Waals surface area contributed by atoms with Crippen molar-refractivity contribution in [2.24, 2.45) is 0 Å². The van der Waals surface area contributed by atoms with E-state index in [1.807, 2.05) is 67.7 Å². The standard InChI is InChI=1S/C23H18N2O2/c1-3-27-23(26)21-20(17-10-8-15(2)9-11-17)19(14-24)25-13-12-16-6-4-5-7-18(16)22(21)25/h4-13H,3H2,1-2H3. The molecule has 27 heavy (non-hydrogen) atoms. The van der Waals surface area contributed by atoms with Gasteiger partial charge in [0, 0.05) is 17.1 Å². The summed E-state index contributed by atoms with van der Waals surface area (Å²) in [4.78, 5) is 12.9. The van der Waals surface area contributed by atoms with Crippen molar-refractivity contribution in [3.63, 3.8) is 0 Å². The number of carbonyl (C=O) groups is 1. The van der Waals surface area contributed by atoms with Gasteiger partial charge in [0.1, 0.15) is 11.8 Å². The Kier molecular flexibility index (Phi) is 4.13. The summed E-state index contributed by atoms with van der Waals surface area (Å²) in [5.41, 5.74) is 4.14. The summed E-state index contributed by atoms with van der Waals surface area (Å²) < 4.78 is 7.16. The first kappa shape index (κ1) is 16.9. The van der Waals surface area contributed by atoms with Crippen LogP contribution < -0.4 is 0 Å². The fraction of sp³-hybridized carbons (Fsp3) is 0.130. The van der Waals surface area contributed by atoms with Crippen molar-refractivity contribution in [2.75, 3.05) is 6.61 Å². The van der Waals surface area contributed by atoms with Gasteiger partial charge in [-0.3, -0.25) is 0 Å². The Morgan fingerprint density at radius 2 is 1.85 bits per heavy atom. The second-order valence-electron chi connectivity index (χ2n) is 6.42. The molecule has 0 saturated carbocycles. The van der Waals surface area contributed by atoms with E-state index in [1.54, 1.807) is 11.3 Å². The first-order valence-electron chi connectivity index (χ1n) is 8.85.